The minimum Gasteiger partial charge on any atom is -0.378 e. The zero-order chi connectivity index (χ0) is 15.5. The first kappa shape index (κ1) is 14.3. The van der Waals surface area contributed by atoms with Crippen molar-refractivity contribution >= 4 is 5.69 Å². The molecule has 3 rings (SSSR count). The zero-order valence-corrected chi connectivity index (χ0v) is 13.1. The van der Waals surface area contributed by atoms with E-state index in [1.54, 1.807) is 6.33 Å². The molecule has 0 atom stereocenters. The Balaban J connectivity index is 1.77. The highest BCUT2D eigenvalue weighted by atomic mass is 15.3. The Hall–Kier alpha value is -2.63. The number of hydrogen-bond donors (Lipinski definition) is 2. The third kappa shape index (κ3) is 2.86. The Labute approximate surface area is 129 Å². The highest BCUT2D eigenvalue weighted by Gasteiger charge is 2.07. The Bertz CT molecular complexity index is 751. The second kappa shape index (κ2) is 6.01. The molecular formula is C16H20N6. The van der Waals surface area contributed by atoms with E-state index < -0.39 is 0 Å². The SMILES string of the molecule is CCn1ncnc1CNc1cccc(-c2nc(C)c(C)[nH]2)c1. The fourth-order valence-electron chi connectivity index (χ4n) is 2.33. The van der Waals surface area contributed by atoms with Gasteiger partial charge in [0, 0.05) is 23.5 Å². The number of nitrogens with one attached hydrogen (secondary N) is 2. The highest BCUT2D eigenvalue weighted by Crippen LogP contribution is 2.21. The average Bonchev–Trinajstić information content (AvgIpc) is 3.12. The molecule has 0 aliphatic carbocycles. The Morgan fingerprint density at radius 2 is 2.14 bits per heavy atom. The van der Waals surface area contributed by atoms with Gasteiger partial charge in [-0.1, -0.05) is 12.1 Å². The van der Waals surface area contributed by atoms with Crippen LogP contribution in [0.15, 0.2) is 30.6 Å². The molecule has 6 nitrogen and oxygen atoms in total. The van der Waals surface area contributed by atoms with Gasteiger partial charge < -0.3 is 10.3 Å². The maximum Gasteiger partial charge on any atom is 0.146 e. The standard InChI is InChI=1S/C16H20N6/c1-4-22-15(18-10-19-22)9-17-14-7-5-6-13(8-14)16-20-11(2)12(3)21-16/h5-8,10,17H,4,9H2,1-3H3,(H,20,21). The Morgan fingerprint density at radius 3 is 2.86 bits per heavy atom. The predicted molar refractivity (Wildman–Crippen MR) is 86.5 cm³/mol. The number of nitrogens with zero attached hydrogens (tertiary/aromatic N) is 4. The van der Waals surface area contributed by atoms with Crippen LogP contribution < -0.4 is 5.32 Å². The summed E-state index contributed by atoms with van der Waals surface area (Å²) >= 11 is 0. The summed E-state index contributed by atoms with van der Waals surface area (Å²) in [5.74, 6) is 1.83. The van der Waals surface area contributed by atoms with E-state index in [9.17, 15) is 0 Å². The lowest BCUT2D eigenvalue weighted by Gasteiger charge is -2.08. The van der Waals surface area contributed by atoms with E-state index in [1.807, 2.05) is 30.7 Å². The van der Waals surface area contributed by atoms with Crippen LogP contribution in [0.3, 0.4) is 0 Å². The van der Waals surface area contributed by atoms with E-state index in [0.29, 0.717) is 6.54 Å². The smallest absolute Gasteiger partial charge is 0.146 e. The number of rotatable bonds is 5. The second-order valence-electron chi connectivity index (χ2n) is 5.22. The molecule has 2 N–H and O–H groups in total. The minimum atomic E-state index is 0.646. The molecule has 2 aromatic heterocycles. The van der Waals surface area contributed by atoms with E-state index in [0.717, 1.165) is 40.8 Å². The van der Waals surface area contributed by atoms with Crippen molar-refractivity contribution in [1.29, 1.82) is 0 Å². The molecule has 0 unspecified atom stereocenters. The van der Waals surface area contributed by atoms with Crippen LogP contribution in [0.25, 0.3) is 11.4 Å². The highest BCUT2D eigenvalue weighted by molar-refractivity contribution is 5.63. The molecule has 3 aromatic rings. The summed E-state index contributed by atoms with van der Waals surface area (Å²) in [6.45, 7) is 7.57. The Kier molecular flexibility index (Phi) is 3.91. The summed E-state index contributed by atoms with van der Waals surface area (Å²) in [4.78, 5) is 12.1. The van der Waals surface area contributed by atoms with Crippen molar-refractivity contribution in [2.45, 2.75) is 33.9 Å². The van der Waals surface area contributed by atoms with Crippen LogP contribution in [0, 0.1) is 13.8 Å². The number of hydrogen-bond acceptors (Lipinski definition) is 4. The number of aromatic amines is 1. The molecule has 0 saturated carbocycles. The Morgan fingerprint density at radius 1 is 1.27 bits per heavy atom. The first-order valence-electron chi connectivity index (χ1n) is 7.41. The quantitative estimate of drug-likeness (QED) is 0.759. The van der Waals surface area contributed by atoms with E-state index in [-0.39, 0.29) is 0 Å². The molecule has 2 heterocycles. The van der Waals surface area contributed by atoms with Crippen LogP contribution >= 0.6 is 0 Å². The van der Waals surface area contributed by atoms with Crippen molar-refractivity contribution in [3.05, 3.63) is 47.8 Å². The first-order chi connectivity index (χ1) is 10.7. The van der Waals surface area contributed by atoms with Crippen LogP contribution in [0.5, 0.6) is 0 Å². The molecule has 0 saturated heterocycles. The molecule has 6 heteroatoms. The maximum atomic E-state index is 4.55. The van der Waals surface area contributed by atoms with Gasteiger partial charge in [-0.25, -0.2) is 14.6 Å². The topological polar surface area (TPSA) is 71.4 Å². The predicted octanol–water partition coefficient (Wildman–Crippen LogP) is 2.92. The van der Waals surface area contributed by atoms with Gasteiger partial charge in [0.1, 0.15) is 18.0 Å². The van der Waals surface area contributed by atoms with Crippen molar-refractivity contribution < 1.29 is 0 Å². The monoisotopic (exact) mass is 296 g/mol. The lowest BCUT2D eigenvalue weighted by Crippen LogP contribution is -2.09. The molecule has 1 aromatic carbocycles. The van der Waals surface area contributed by atoms with Gasteiger partial charge in [-0.2, -0.15) is 5.10 Å². The van der Waals surface area contributed by atoms with Crippen molar-refractivity contribution in [1.82, 2.24) is 24.7 Å². The summed E-state index contributed by atoms with van der Waals surface area (Å²) < 4.78 is 1.89. The van der Waals surface area contributed by atoms with Crippen LogP contribution in [-0.4, -0.2) is 24.7 Å². The largest absolute Gasteiger partial charge is 0.378 e. The lowest BCUT2D eigenvalue weighted by molar-refractivity contribution is 0.622. The third-order valence-electron chi connectivity index (χ3n) is 3.71. The summed E-state index contributed by atoms with van der Waals surface area (Å²) in [7, 11) is 0. The third-order valence-corrected chi connectivity index (χ3v) is 3.71. The summed E-state index contributed by atoms with van der Waals surface area (Å²) in [6, 6.07) is 8.20. The number of imidazole rings is 1. The van der Waals surface area contributed by atoms with Crippen LogP contribution in [0.4, 0.5) is 5.69 Å². The van der Waals surface area contributed by atoms with E-state index >= 15 is 0 Å². The molecule has 0 radical (unpaired) electrons. The molecule has 0 spiro atoms. The number of benzene rings is 1. The van der Waals surface area contributed by atoms with Crippen molar-refractivity contribution in [2.75, 3.05) is 5.32 Å². The zero-order valence-electron chi connectivity index (χ0n) is 13.1. The number of H-pyrrole nitrogens is 1. The molecule has 22 heavy (non-hydrogen) atoms. The molecule has 0 aliphatic rings. The van der Waals surface area contributed by atoms with Gasteiger partial charge in [-0.05, 0) is 32.9 Å². The molecule has 0 aliphatic heterocycles. The normalized spacial score (nSPS) is 10.9. The molecular weight excluding hydrogens is 276 g/mol. The van der Waals surface area contributed by atoms with Gasteiger partial charge in [0.15, 0.2) is 0 Å². The number of aromatic nitrogens is 5. The van der Waals surface area contributed by atoms with E-state index in [1.165, 1.54) is 0 Å². The van der Waals surface area contributed by atoms with Crippen LogP contribution in [-0.2, 0) is 13.1 Å². The average molecular weight is 296 g/mol. The summed E-state index contributed by atoms with van der Waals surface area (Å²) in [5.41, 5.74) is 4.24. The van der Waals surface area contributed by atoms with Crippen molar-refractivity contribution in [3.63, 3.8) is 0 Å². The van der Waals surface area contributed by atoms with Crippen LogP contribution in [0.2, 0.25) is 0 Å². The maximum absolute atomic E-state index is 4.55. The molecule has 0 fully saturated rings. The van der Waals surface area contributed by atoms with Gasteiger partial charge in [-0.15, -0.1) is 0 Å². The fourth-order valence-corrected chi connectivity index (χ4v) is 2.33. The number of aryl methyl sites for hydroxylation is 3. The van der Waals surface area contributed by atoms with Gasteiger partial charge in [0.05, 0.1) is 12.2 Å². The first-order valence-corrected chi connectivity index (χ1v) is 7.41. The molecule has 0 amide bonds. The summed E-state index contributed by atoms with van der Waals surface area (Å²) in [5, 5.41) is 7.56. The number of anilines is 1. The van der Waals surface area contributed by atoms with Crippen molar-refractivity contribution in [2.24, 2.45) is 0 Å². The van der Waals surface area contributed by atoms with E-state index in [2.05, 4.69) is 44.4 Å². The minimum absolute atomic E-state index is 0.646. The lowest BCUT2D eigenvalue weighted by atomic mass is 10.2. The second-order valence-corrected chi connectivity index (χ2v) is 5.22. The van der Waals surface area contributed by atoms with E-state index in [4.69, 9.17) is 0 Å². The van der Waals surface area contributed by atoms with Gasteiger partial charge in [-0.3, -0.25) is 0 Å². The van der Waals surface area contributed by atoms with Crippen LogP contribution in [0.1, 0.15) is 24.1 Å². The summed E-state index contributed by atoms with van der Waals surface area (Å²) in [6.07, 6.45) is 1.59. The molecule has 0 bridgehead atoms. The van der Waals surface area contributed by atoms with Gasteiger partial charge >= 0.3 is 0 Å². The van der Waals surface area contributed by atoms with Gasteiger partial charge in [0.25, 0.3) is 0 Å². The molecule has 114 valence electrons. The van der Waals surface area contributed by atoms with Crippen molar-refractivity contribution in [3.8, 4) is 11.4 Å². The fraction of sp³-hybridized carbons (Fsp3) is 0.312. The van der Waals surface area contributed by atoms with Gasteiger partial charge in [0.2, 0.25) is 0 Å².